The smallest absolute Gasteiger partial charge is 0.410 e. The van der Waals surface area contributed by atoms with Crippen LogP contribution in [-0.2, 0) is 4.74 Å². The molecule has 1 aromatic carbocycles. The lowest BCUT2D eigenvalue weighted by atomic mass is 9.90. The first-order chi connectivity index (χ1) is 15.1. The van der Waals surface area contributed by atoms with Gasteiger partial charge in [-0.05, 0) is 49.0 Å². The summed E-state index contributed by atoms with van der Waals surface area (Å²) in [5, 5.41) is 8.74. The average Bonchev–Trinajstić information content (AvgIpc) is 2.74. The van der Waals surface area contributed by atoms with Crippen LogP contribution in [0.4, 0.5) is 13.6 Å². The van der Waals surface area contributed by atoms with E-state index in [2.05, 4.69) is 20.8 Å². The van der Waals surface area contributed by atoms with Crippen LogP contribution < -0.4 is 11.5 Å². The SMILES string of the molecule is CC.CC(C)C.CN(C(=O)OCCO)C1CCCC(/C=C(\N)c2c(F)cccc2F)=C1N. The quantitative estimate of drug-likeness (QED) is 0.593. The van der Waals surface area contributed by atoms with E-state index in [9.17, 15) is 13.6 Å². The number of benzene rings is 1. The molecule has 0 spiro atoms. The zero-order valence-corrected chi connectivity index (χ0v) is 20.1. The van der Waals surface area contributed by atoms with Crippen LogP contribution >= 0.6 is 0 Å². The highest BCUT2D eigenvalue weighted by atomic mass is 19.1. The molecule has 2 rings (SSSR count). The van der Waals surface area contributed by atoms with Crippen LogP contribution in [0.15, 0.2) is 35.5 Å². The van der Waals surface area contributed by atoms with Gasteiger partial charge < -0.3 is 26.2 Å². The highest BCUT2D eigenvalue weighted by Crippen LogP contribution is 2.29. The number of rotatable bonds is 5. The summed E-state index contributed by atoms with van der Waals surface area (Å²) in [5.41, 5.74) is 12.7. The van der Waals surface area contributed by atoms with E-state index in [0.717, 1.165) is 24.5 Å². The molecule has 0 saturated carbocycles. The molecule has 1 unspecified atom stereocenters. The van der Waals surface area contributed by atoms with Gasteiger partial charge >= 0.3 is 6.09 Å². The van der Waals surface area contributed by atoms with Gasteiger partial charge in [-0.15, -0.1) is 0 Å². The van der Waals surface area contributed by atoms with Crippen molar-refractivity contribution in [2.75, 3.05) is 20.3 Å². The first-order valence-electron chi connectivity index (χ1n) is 11.0. The van der Waals surface area contributed by atoms with Crippen LogP contribution in [0.2, 0.25) is 0 Å². The van der Waals surface area contributed by atoms with Gasteiger partial charge in [-0.25, -0.2) is 13.6 Å². The van der Waals surface area contributed by atoms with Crippen LogP contribution in [0.1, 0.15) is 59.4 Å². The van der Waals surface area contributed by atoms with Crippen LogP contribution in [-0.4, -0.2) is 42.4 Å². The van der Waals surface area contributed by atoms with Crippen molar-refractivity contribution in [1.82, 2.24) is 4.90 Å². The molecular formula is C24H39F2N3O3. The summed E-state index contributed by atoms with van der Waals surface area (Å²) >= 11 is 0. The molecule has 182 valence electrons. The van der Waals surface area contributed by atoms with Gasteiger partial charge in [-0.1, -0.05) is 40.7 Å². The lowest BCUT2D eigenvalue weighted by Gasteiger charge is -2.32. The van der Waals surface area contributed by atoms with Gasteiger partial charge in [-0.3, -0.25) is 0 Å². The number of aliphatic hydroxyl groups excluding tert-OH is 1. The van der Waals surface area contributed by atoms with Crippen LogP contribution in [0.25, 0.3) is 5.70 Å². The monoisotopic (exact) mass is 455 g/mol. The number of ether oxygens (including phenoxy) is 1. The van der Waals surface area contributed by atoms with Crippen LogP contribution in [0.3, 0.4) is 0 Å². The summed E-state index contributed by atoms with van der Waals surface area (Å²) in [6, 6.07) is 3.11. The molecule has 1 aliphatic rings. The van der Waals surface area contributed by atoms with Gasteiger partial charge in [0.05, 0.1) is 18.2 Å². The molecule has 0 aromatic heterocycles. The predicted octanol–water partition coefficient (Wildman–Crippen LogP) is 4.78. The van der Waals surface area contributed by atoms with E-state index in [0.29, 0.717) is 24.1 Å². The molecule has 0 radical (unpaired) electrons. The maximum absolute atomic E-state index is 13.9. The number of likely N-dealkylation sites (N-methyl/N-ethyl adjacent to an activating group) is 1. The molecular weight excluding hydrogens is 416 g/mol. The Balaban J connectivity index is 0.00000144. The van der Waals surface area contributed by atoms with Crippen molar-refractivity contribution < 1.29 is 23.4 Å². The molecule has 0 bridgehead atoms. The maximum Gasteiger partial charge on any atom is 0.410 e. The minimum Gasteiger partial charge on any atom is -0.447 e. The van der Waals surface area contributed by atoms with E-state index in [1.807, 2.05) is 13.8 Å². The highest BCUT2D eigenvalue weighted by molar-refractivity contribution is 5.69. The van der Waals surface area contributed by atoms with Crippen molar-refractivity contribution in [3.05, 3.63) is 52.7 Å². The topological polar surface area (TPSA) is 102 Å². The average molecular weight is 456 g/mol. The third-order valence-corrected chi connectivity index (χ3v) is 4.31. The Morgan fingerprint density at radius 1 is 1.28 bits per heavy atom. The van der Waals surface area contributed by atoms with Gasteiger partial charge in [0, 0.05) is 18.4 Å². The fourth-order valence-electron chi connectivity index (χ4n) is 2.95. The van der Waals surface area contributed by atoms with E-state index >= 15 is 0 Å². The van der Waals surface area contributed by atoms with E-state index < -0.39 is 23.8 Å². The van der Waals surface area contributed by atoms with Gasteiger partial charge in [-0.2, -0.15) is 0 Å². The number of hydrogen-bond acceptors (Lipinski definition) is 5. The summed E-state index contributed by atoms with van der Waals surface area (Å²) in [6.07, 6.45) is 2.78. The van der Waals surface area contributed by atoms with Gasteiger partial charge in [0.15, 0.2) is 0 Å². The lowest BCUT2D eigenvalue weighted by Crippen LogP contribution is -2.42. The van der Waals surface area contributed by atoms with Gasteiger partial charge in [0.25, 0.3) is 0 Å². The summed E-state index contributed by atoms with van der Waals surface area (Å²) in [6.45, 7) is 10.1. The predicted molar refractivity (Wildman–Crippen MR) is 125 cm³/mol. The Hall–Kier alpha value is -2.61. The number of aliphatic hydroxyl groups is 1. The molecule has 5 N–H and O–H groups in total. The molecule has 0 fully saturated rings. The summed E-state index contributed by atoms with van der Waals surface area (Å²) in [4.78, 5) is 13.3. The number of nitrogens with zero attached hydrogens (tertiary/aromatic N) is 1. The number of hydrogen-bond donors (Lipinski definition) is 3. The second-order valence-corrected chi connectivity index (χ2v) is 7.77. The second-order valence-electron chi connectivity index (χ2n) is 7.77. The Bertz CT molecular complexity index is 757. The van der Waals surface area contributed by atoms with Crippen LogP contribution in [0, 0.1) is 17.6 Å². The molecule has 0 heterocycles. The minimum absolute atomic E-state index is 0.0651. The second kappa shape index (κ2) is 15.2. The molecule has 32 heavy (non-hydrogen) atoms. The molecule has 8 heteroatoms. The Kier molecular flexibility index (Phi) is 14.0. The van der Waals surface area contributed by atoms with E-state index in [1.54, 1.807) is 7.05 Å². The van der Waals surface area contributed by atoms with Crippen molar-refractivity contribution in [2.24, 2.45) is 17.4 Å². The van der Waals surface area contributed by atoms with Crippen molar-refractivity contribution >= 4 is 11.8 Å². The molecule has 0 saturated heterocycles. The van der Waals surface area contributed by atoms with Gasteiger partial charge in [0.2, 0.25) is 0 Å². The Morgan fingerprint density at radius 3 is 2.31 bits per heavy atom. The number of nitrogens with two attached hydrogens (primary N) is 2. The molecule has 1 aliphatic carbocycles. The lowest BCUT2D eigenvalue weighted by molar-refractivity contribution is 0.0816. The molecule has 1 aromatic rings. The standard InChI is InChI=1S/C18H23F2N3O3.C4H10.C2H6/c1-23(18(25)26-9-8-24)15-7-2-4-11(17(15)22)10-14(21)16-12(19)5-3-6-13(16)20;1-4(2)3;1-2/h3,5-6,10,15,24H,2,4,7-9,21-22H2,1H3;4H,1-3H3;1-2H3/b14-10-;;. The Labute approximate surface area is 190 Å². The first kappa shape index (κ1) is 29.4. The fraction of sp³-hybridized carbons (Fsp3) is 0.542. The number of amides is 1. The van der Waals surface area contributed by atoms with Crippen molar-refractivity contribution in [2.45, 2.75) is 59.9 Å². The number of carbonyl (C=O) groups excluding carboxylic acids is 1. The maximum atomic E-state index is 13.9. The largest absolute Gasteiger partial charge is 0.447 e. The van der Waals surface area contributed by atoms with E-state index in [4.69, 9.17) is 21.3 Å². The molecule has 0 aliphatic heterocycles. The van der Waals surface area contributed by atoms with Crippen molar-refractivity contribution in [3.8, 4) is 0 Å². The zero-order chi connectivity index (χ0) is 24.8. The molecule has 6 nitrogen and oxygen atoms in total. The number of halogens is 2. The van der Waals surface area contributed by atoms with Gasteiger partial charge in [0.1, 0.15) is 18.2 Å². The summed E-state index contributed by atoms with van der Waals surface area (Å²) < 4.78 is 32.7. The van der Waals surface area contributed by atoms with Crippen molar-refractivity contribution in [3.63, 3.8) is 0 Å². The zero-order valence-electron chi connectivity index (χ0n) is 20.1. The summed E-state index contributed by atoms with van der Waals surface area (Å²) in [5.74, 6) is -0.676. The van der Waals surface area contributed by atoms with E-state index in [-0.39, 0.29) is 24.5 Å². The third kappa shape index (κ3) is 9.26. The van der Waals surface area contributed by atoms with E-state index in [1.165, 1.54) is 17.0 Å². The molecule has 1 amide bonds. The Morgan fingerprint density at radius 2 is 1.81 bits per heavy atom. The normalized spacial score (nSPS) is 15.9. The fourth-order valence-corrected chi connectivity index (χ4v) is 2.95. The van der Waals surface area contributed by atoms with Crippen molar-refractivity contribution in [1.29, 1.82) is 0 Å². The van der Waals surface area contributed by atoms with Crippen LogP contribution in [0.5, 0.6) is 0 Å². The molecule has 1 atom stereocenters. The first-order valence-corrected chi connectivity index (χ1v) is 11.0. The minimum atomic E-state index is -0.755. The third-order valence-electron chi connectivity index (χ3n) is 4.31. The highest BCUT2D eigenvalue weighted by Gasteiger charge is 2.28. The summed E-state index contributed by atoms with van der Waals surface area (Å²) in [7, 11) is 1.55. The number of carbonyl (C=O) groups is 1. The number of allylic oxidation sites excluding steroid dienone is 2.